The molecule has 0 bridgehead atoms. The zero-order valence-electron chi connectivity index (χ0n) is 20.5. The second kappa shape index (κ2) is 12.5. The van der Waals surface area contributed by atoms with Crippen molar-refractivity contribution in [3.05, 3.63) is 85.9 Å². The third-order valence-corrected chi connectivity index (χ3v) is 6.61. The van der Waals surface area contributed by atoms with Crippen LogP contribution in [0, 0.1) is 35.4 Å². The molecule has 0 unspecified atom stereocenters. The van der Waals surface area contributed by atoms with Crippen molar-refractivity contribution < 1.29 is 28.2 Å². The summed E-state index contributed by atoms with van der Waals surface area (Å²) in [4.78, 5) is 25.8. The smallest absolute Gasteiger partial charge is 0.348 e. The number of Topliss-reactive ketones (excluding diaryl/α,β-unsaturated/α-hetero) is 1. The van der Waals surface area contributed by atoms with Crippen LogP contribution < -0.4 is 9.47 Å². The molecule has 0 saturated carbocycles. The number of esters is 1. The van der Waals surface area contributed by atoms with Crippen LogP contribution in [0.25, 0.3) is 6.08 Å². The van der Waals surface area contributed by atoms with E-state index in [0.29, 0.717) is 27.5 Å². The molecule has 0 amide bonds. The number of allylic oxidation sites excluding steroid dienone is 1. The lowest BCUT2D eigenvalue weighted by molar-refractivity contribution is -0.114. The van der Waals surface area contributed by atoms with Crippen LogP contribution in [0.5, 0.6) is 11.5 Å². The highest BCUT2D eigenvalue weighted by Gasteiger charge is 2.23. The maximum absolute atomic E-state index is 13.1. The van der Waals surface area contributed by atoms with Crippen molar-refractivity contribution in [1.29, 1.82) is 10.5 Å². The highest BCUT2D eigenvalue weighted by molar-refractivity contribution is 7.14. The number of halogens is 1. The predicted octanol–water partition coefficient (Wildman–Crippen LogP) is 5.55. The lowest BCUT2D eigenvalue weighted by atomic mass is 10.0. The SMILES string of the molecule is CCOC(=O)c1sc(CC(=O)/C(C#N)=C/c2ccc(OCc3ccc(F)cc3)c(OC)c2)c(C#N)c1C. The fourth-order valence-electron chi connectivity index (χ4n) is 3.45. The van der Waals surface area contributed by atoms with Crippen molar-refractivity contribution in [3.8, 4) is 23.6 Å². The Morgan fingerprint density at radius 2 is 1.84 bits per heavy atom. The fraction of sp³-hybridized carbons (Fsp3) is 0.214. The van der Waals surface area contributed by atoms with E-state index < -0.39 is 11.8 Å². The van der Waals surface area contributed by atoms with Crippen molar-refractivity contribution in [2.45, 2.75) is 26.9 Å². The minimum atomic E-state index is -0.551. The first-order valence-electron chi connectivity index (χ1n) is 11.2. The molecular weight excluding hydrogens is 495 g/mol. The number of rotatable bonds is 10. The van der Waals surface area contributed by atoms with E-state index in [2.05, 4.69) is 0 Å². The highest BCUT2D eigenvalue weighted by atomic mass is 32.1. The number of benzene rings is 2. The largest absolute Gasteiger partial charge is 0.493 e. The van der Waals surface area contributed by atoms with Crippen LogP contribution in [-0.4, -0.2) is 25.5 Å². The number of hydrogen-bond donors (Lipinski definition) is 0. The average Bonchev–Trinajstić information content (AvgIpc) is 3.21. The maximum atomic E-state index is 13.1. The summed E-state index contributed by atoms with van der Waals surface area (Å²) in [7, 11) is 1.47. The Kier molecular flexibility index (Phi) is 9.15. The van der Waals surface area contributed by atoms with Gasteiger partial charge < -0.3 is 14.2 Å². The molecule has 7 nitrogen and oxygen atoms in total. The zero-order chi connectivity index (χ0) is 26.9. The molecule has 0 saturated heterocycles. The second-order valence-corrected chi connectivity index (χ2v) is 8.89. The summed E-state index contributed by atoms with van der Waals surface area (Å²) in [6, 6.07) is 14.8. The van der Waals surface area contributed by atoms with Crippen molar-refractivity contribution in [2.75, 3.05) is 13.7 Å². The van der Waals surface area contributed by atoms with Gasteiger partial charge in [0.05, 0.1) is 24.9 Å². The topological polar surface area (TPSA) is 109 Å². The van der Waals surface area contributed by atoms with Crippen LogP contribution >= 0.6 is 11.3 Å². The molecule has 2 aromatic carbocycles. The molecule has 3 aromatic rings. The van der Waals surface area contributed by atoms with E-state index in [-0.39, 0.29) is 41.5 Å². The van der Waals surface area contributed by atoms with Crippen LogP contribution in [0.1, 0.15) is 43.7 Å². The lowest BCUT2D eigenvalue weighted by Crippen LogP contribution is -2.05. The molecule has 37 heavy (non-hydrogen) atoms. The number of methoxy groups -OCH3 is 1. The summed E-state index contributed by atoms with van der Waals surface area (Å²) in [5.41, 5.74) is 1.89. The minimum absolute atomic E-state index is 0.116. The van der Waals surface area contributed by atoms with Crippen molar-refractivity contribution in [2.24, 2.45) is 0 Å². The molecule has 1 heterocycles. The zero-order valence-corrected chi connectivity index (χ0v) is 21.3. The third kappa shape index (κ3) is 6.60. The molecule has 0 radical (unpaired) electrons. The first kappa shape index (κ1) is 27.1. The summed E-state index contributed by atoms with van der Waals surface area (Å²) < 4.78 is 29.3. The molecule has 0 fully saturated rings. The summed E-state index contributed by atoms with van der Waals surface area (Å²) in [6.07, 6.45) is 1.22. The molecule has 0 aliphatic rings. The van der Waals surface area contributed by atoms with Crippen LogP contribution in [-0.2, 0) is 22.6 Å². The van der Waals surface area contributed by atoms with Crippen LogP contribution in [0.2, 0.25) is 0 Å². The van der Waals surface area contributed by atoms with Gasteiger partial charge in [-0.25, -0.2) is 9.18 Å². The van der Waals surface area contributed by atoms with Gasteiger partial charge in [0, 0.05) is 11.3 Å². The van der Waals surface area contributed by atoms with E-state index >= 15 is 0 Å². The van der Waals surface area contributed by atoms with E-state index in [1.165, 1.54) is 25.3 Å². The Balaban J connectivity index is 1.80. The van der Waals surface area contributed by atoms with Gasteiger partial charge in [-0.15, -0.1) is 11.3 Å². The van der Waals surface area contributed by atoms with Gasteiger partial charge in [0.2, 0.25) is 0 Å². The number of carbonyl (C=O) groups excluding carboxylic acids is 2. The first-order chi connectivity index (χ1) is 17.8. The van der Waals surface area contributed by atoms with Crippen molar-refractivity contribution in [3.63, 3.8) is 0 Å². The minimum Gasteiger partial charge on any atom is -0.493 e. The molecular formula is C28H23FN2O5S. The lowest BCUT2D eigenvalue weighted by Gasteiger charge is -2.11. The molecule has 0 aliphatic carbocycles. The number of hydrogen-bond acceptors (Lipinski definition) is 8. The van der Waals surface area contributed by atoms with Gasteiger partial charge >= 0.3 is 5.97 Å². The predicted molar refractivity (Wildman–Crippen MR) is 136 cm³/mol. The molecule has 0 aliphatic heterocycles. The van der Waals surface area contributed by atoms with Gasteiger partial charge in [-0.05, 0) is 60.9 Å². The summed E-state index contributed by atoms with van der Waals surface area (Å²) in [5.74, 6) is -0.553. The van der Waals surface area contributed by atoms with Gasteiger partial charge in [0.15, 0.2) is 17.3 Å². The quantitative estimate of drug-likeness (QED) is 0.197. The molecule has 0 atom stereocenters. The van der Waals surface area contributed by atoms with E-state index in [4.69, 9.17) is 14.2 Å². The fourth-order valence-corrected chi connectivity index (χ4v) is 4.60. The maximum Gasteiger partial charge on any atom is 0.348 e. The number of ether oxygens (including phenoxy) is 3. The second-order valence-electron chi connectivity index (χ2n) is 7.78. The Hall–Kier alpha value is -4.47. The number of nitrogens with zero attached hydrogens (tertiary/aromatic N) is 2. The monoisotopic (exact) mass is 518 g/mol. The first-order valence-corrected chi connectivity index (χ1v) is 12.0. The van der Waals surface area contributed by atoms with Crippen LogP contribution in [0.3, 0.4) is 0 Å². The summed E-state index contributed by atoms with van der Waals surface area (Å²) in [6.45, 7) is 3.69. The van der Waals surface area contributed by atoms with Crippen LogP contribution in [0.4, 0.5) is 4.39 Å². The number of nitriles is 2. The van der Waals surface area contributed by atoms with Crippen LogP contribution in [0.15, 0.2) is 48.0 Å². The third-order valence-electron chi connectivity index (χ3n) is 5.34. The molecule has 188 valence electrons. The molecule has 1 aromatic heterocycles. The van der Waals surface area contributed by atoms with E-state index in [9.17, 15) is 24.5 Å². The van der Waals surface area contributed by atoms with Gasteiger partial charge in [0.1, 0.15) is 29.4 Å². The Labute approximate surface area is 217 Å². The van der Waals surface area contributed by atoms with E-state index in [0.717, 1.165) is 16.9 Å². The van der Waals surface area contributed by atoms with Gasteiger partial charge in [-0.3, -0.25) is 4.79 Å². The van der Waals surface area contributed by atoms with Crippen molar-refractivity contribution in [1.82, 2.24) is 0 Å². The Morgan fingerprint density at radius 1 is 1.11 bits per heavy atom. The number of thiophene rings is 1. The van der Waals surface area contributed by atoms with E-state index in [1.807, 2.05) is 12.1 Å². The van der Waals surface area contributed by atoms with Gasteiger partial charge in [-0.1, -0.05) is 18.2 Å². The Morgan fingerprint density at radius 3 is 2.46 bits per heavy atom. The van der Waals surface area contributed by atoms with Crippen molar-refractivity contribution >= 4 is 29.2 Å². The van der Waals surface area contributed by atoms with Gasteiger partial charge in [0.25, 0.3) is 0 Å². The van der Waals surface area contributed by atoms with Gasteiger partial charge in [-0.2, -0.15) is 10.5 Å². The molecule has 0 spiro atoms. The average molecular weight is 519 g/mol. The summed E-state index contributed by atoms with van der Waals surface area (Å²) in [5, 5.41) is 19.2. The molecule has 3 rings (SSSR count). The number of carbonyl (C=O) groups is 2. The highest BCUT2D eigenvalue weighted by Crippen LogP contribution is 2.31. The molecule has 9 heteroatoms. The summed E-state index contributed by atoms with van der Waals surface area (Å²) >= 11 is 1.02. The molecule has 0 N–H and O–H groups in total. The normalized spacial score (nSPS) is 10.8. The number of ketones is 1. The van der Waals surface area contributed by atoms with E-state index in [1.54, 1.807) is 44.2 Å². The standard InChI is InChI=1S/C28H23FN2O5S/c1-4-35-28(33)27-17(2)22(15-31)26(37-27)13-23(32)20(14-30)11-19-7-10-24(25(12-19)34-3)36-16-18-5-8-21(29)9-6-18/h5-12H,4,13,16H2,1-3H3/b20-11+. The Bertz CT molecular complexity index is 1430.